The topological polar surface area (TPSA) is 88.5 Å². The highest BCUT2D eigenvalue weighted by Crippen LogP contribution is 2.24. The van der Waals surface area contributed by atoms with Gasteiger partial charge in [-0.15, -0.1) is 0 Å². The van der Waals surface area contributed by atoms with Crippen LogP contribution in [0.5, 0.6) is 0 Å². The molecular weight excluding hydrogens is 320 g/mol. The molecule has 2 heterocycles. The Balaban J connectivity index is 1.86. The summed E-state index contributed by atoms with van der Waals surface area (Å²) in [5.41, 5.74) is -0.0509. The van der Waals surface area contributed by atoms with Crippen molar-refractivity contribution in [2.24, 2.45) is 0 Å². The van der Waals surface area contributed by atoms with Crippen molar-refractivity contribution in [2.75, 3.05) is 13.2 Å². The number of amides is 1. The Kier molecular flexibility index (Phi) is 4.19. The van der Waals surface area contributed by atoms with E-state index in [1.54, 1.807) is 24.3 Å². The van der Waals surface area contributed by atoms with E-state index in [1.165, 1.54) is 0 Å². The van der Waals surface area contributed by atoms with E-state index in [1.807, 2.05) is 6.07 Å². The van der Waals surface area contributed by atoms with Crippen molar-refractivity contribution in [2.45, 2.75) is 18.4 Å². The average molecular weight is 335 g/mol. The standard InChI is InChI=1S/C16H15ClN2O4/c17-11-3-1-10-2-4-12(18-13(10)7-11)15(22)19-16(8-14(20)21)5-6-23-9-16/h1-4,7H,5-6,8-9H2,(H,19,22)(H,20,21). The second-order valence-electron chi connectivity index (χ2n) is 5.64. The molecule has 1 amide bonds. The molecule has 1 atom stereocenters. The highest BCUT2D eigenvalue weighted by atomic mass is 35.5. The van der Waals surface area contributed by atoms with Gasteiger partial charge in [0.05, 0.1) is 24.1 Å². The van der Waals surface area contributed by atoms with Crippen molar-refractivity contribution in [1.29, 1.82) is 0 Å². The first-order valence-electron chi connectivity index (χ1n) is 7.16. The zero-order chi connectivity index (χ0) is 16.4. The van der Waals surface area contributed by atoms with E-state index in [-0.39, 0.29) is 18.7 Å². The van der Waals surface area contributed by atoms with Crippen LogP contribution in [0.4, 0.5) is 0 Å². The zero-order valence-electron chi connectivity index (χ0n) is 12.2. The van der Waals surface area contributed by atoms with Crippen molar-refractivity contribution >= 4 is 34.4 Å². The molecule has 1 unspecified atom stereocenters. The van der Waals surface area contributed by atoms with Gasteiger partial charge in [-0.25, -0.2) is 4.98 Å². The molecule has 0 bridgehead atoms. The number of nitrogens with zero attached hydrogens (tertiary/aromatic N) is 1. The predicted octanol–water partition coefficient (Wildman–Crippen LogP) is 2.25. The number of rotatable bonds is 4. The van der Waals surface area contributed by atoms with Crippen LogP contribution in [0.15, 0.2) is 30.3 Å². The van der Waals surface area contributed by atoms with Crippen LogP contribution in [0.1, 0.15) is 23.3 Å². The summed E-state index contributed by atoms with van der Waals surface area (Å²) in [5.74, 6) is -1.40. The fraction of sp³-hybridized carbons (Fsp3) is 0.312. The molecule has 2 N–H and O–H groups in total. The molecule has 1 fully saturated rings. The van der Waals surface area contributed by atoms with Gasteiger partial charge in [-0.3, -0.25) is 9.59 Å². The second-order valence-corrected chi connectivity index (χ2v) is 6.08. The van der Waals surface area contributed by atoms with Gasteiger partial charge in [-0.05, 0) is 24.6 Å². The van der Waals surface area contributed by atoms with E-state index in [0.29, 0.717) is 23.6 Å². The van der Waals surface area contributed by atoms with Gasteiger partial charge in [0.1, 0.15) is 5.69 Å². The number of pyridine rings is 1. The van der Waals surface area contributed by atoms with Gasteiger partial charge < -0.3 is 15.2 Å². The number of carbonyl (C=O) groups is 2. The zero-order valence-corrected chi connectivity index (χ0v) is 13.0. The molecule has 1 aliphatic rings. The van der Waals surface area contributed by atoms with Crippen molar-refractivity contribution in [1.82, 2.24) is 10.3 Å². The number of nitrogens with one attached hydrogen (secondary N) is 1. The number of carboxylic acids is 1. The summed E-state index contributed by atoms with van der Waals surface area (Å²) in [4.78, 5) is 27.8. The normalized spacial score (nSPS) is 20.6. The van der Waals surface area contributed by atoms with Gasteiger partial charge in [-0.1, -0.05) is 23.7 Å². The molecule has 0 saturated carbocycles. The van der Waals surface area contributed by atoms with Gasteiger partial charge in [0.25, 0.3) is 5.91 Å². The molecule has 3 rings (SSSR count). The van der Waals surface area contributed by atoms with Crippen molar-refractivity contribution in [3.8, 4) is 0 Å². The fourth-order valence-electron chi connectivity index (χ4n) is 2.70. The van der Waals surface area contributed by atoms with Crippen LogP contribution in [0.3, 0.4) is 0 Å². The lowest BCUT2D eigenvalue weighted by Gasteiger charge is -2.26. The molecule has 1 saturated heterocycles. The molecule has 6 nitrogen and oxygen atoms in total. The van der Waals surface area contributed by atoms with E-state index in [0.717, 1.165) is 5.39 Å². The summed E-state index contributed by atoms with van der Waals surface area (Å²) in [6.07, 6.45) is 0.280. The number of carboxylic acid groups (broad SMARTS) is 1. The van der Waals surface area contributed by atoms with E-state index < -0.39 is 17.4 Å². The smallest absolute Gasteiger partial charge is 0.305 e. The lowest BCUT2D eigenvalue weighted by Crippen LogP contribution is -2.50. The molecule has 23 heavy (non-hydrogen) atoms. The third-order valence-corrected chi connectivity index (χ3v) is 4.09. The summed E-state index contributed by atoms with van der Waals surface area (Å²) >= 11 is 5.95. The molecule has 1 aromatic heterocycles. The minimum atomic E-state index is -0.978. The first-order chi connectivity index (χ1) is 11.0. The van der Waals surface area contributed by atoms with E-state index in [9.17, 15) is 9.59 Å². The maximum atomic E-state index is 12.5. The molecule has 7 heteroatoms. The Hall–Kier alpha value is -2.18. The third-order valence-electron chi connectivity index (χ3n) is 3.86. The molecule has 0 spiro atoms. The Morgan fingerprint density at radius 2 is 2.13 bits per heavy atom. The summed E-state index contributed by atoms with van der Waals surface area (Å²) < 4.78 is 5.27. The van der Waals surface area contributed by atoms with Crippen LogP contribution >= 0.6 is 11.6 Å². The molecule has 0 aliphatic carbocycles. The number of benzene rings is 1. The van der Waals surface area contributed by atoms with Crippen LogP contribution in [-0.2, 0) is 9.53 Å². The van der Waals surface area contributed by atoms with Crippen molar-refractivity contribution < 1.29 is 19.4 Å². The van der Waals surface area contributed by atoms with E-state index >= 15 is 0 Å². The Bertz CT molecular complexity index is 772. The highest BCUT2D eigenvalue weighted by Gasteiger charge is 2.39. The van der Waals surface area contributed by atoms with Crippen LogP contribution in [0.2, 0.25) is 5.02 Å². The van der Waals surface area contributed by atoms with E-state index in [4.69, 9.17) is 21.4 Å². The number of fused-ring (bicyclic) bond motifs is 1. The first kappa shape index (κ1) is 15.7. The molecule has 0 radical (unpaired) electrons. The SMILES string of the molecule is O=C(O)CC1(NC(=O)c2ccc3ccc(Cl)cc3n2)CCOC1. The predicted molar refractivity (Wildman–Crippen MR) is 84.6 cm³/mol. The Morgan fingerprint density at radius 3 is 2.83 bits per heavy atom. The monoisotopic (exact) mass is 334 g/mol. The molecular formula is C16H15ClN2O4. The lowest BCUT2D eigenvalue weighted by molar-refractivity contribution is -0.138. The van der Waals surface area contributed by atoms with Crippen molar-refractivity contribution in [3.63, 3.8) is 0 Å². The largest absolute Gasteiger partial charge is 0.481 e. The molecule has 2 aromatic rings. The van der Waals surface area contributed by atoms with Crippen LogP contribution in [0.25, 0.3) is 10.9 Å². The number of aromatic nitrogens is 1. The van der Waals surface area contributed by atoms with Crippen LogP contribution < -0.4 is 5.32 Å². The molecule has 120 valence electrons. The fourth-order valence-corrected chi connectivity index (χ4v) is 2.87. The number of hydrogen-bond acceptors (Lipinski definition) is 4. The quantitative estimate of drug-likeness (QED) is 0.895. The Labute approximate surface area is 137 Å². The maximum absolute atomic E-state index is 12.5. The molecule has 1 aliphatic heterocycles. The van der Waals surface area contributed by atoms with Crippen molar-refractivity contribution in [3.05, 3.63) is 41.0 Å². The maximum Gasteiger partial charge on any atom is 0.305 e. The minimum Gasteiger partial charge on any atom is -0.481 e. The molecule has 1 aromatic carbocycles. The van der Waals surface area contributed by atoms with Gasteiger partial charge in [0.2, 0.25) is 0 Å². The van der Waals surface area contributed by atoms with Gasteiger partial charge in [-0.2, -0.15) is 0 Å². The number of halogens is 1. The van der Waals surface area contributed by atoms with Crippen LogP contribution in [0, 0.1) is 0 Å². The Morgan fingerprint density at radius 1 is 1.35 bits per heavy atom. The third kappa shape index (κ3) is 3.43. The number of aliphatic carboxylic acids is 1. The summed E-state index contributed by atoms with van der Waals surface area (Å²) in [7, 11) is 0. The average Bonchev–Trinajstić information content (AvgIpc) is 2.93. The lowest BCUT2D eigenvalue weighted by atomic mass is 9.94. The highest BCUT2D eigenvalue weighted by molar-refractivity contribution is 6.31. The summed E-state index contributed by atoms with van der Waals surface area (Å²) in [6, 6.07) is 8.64. The second kappa shape index (κ2) is 6.14. The van der Waals surface area contributed by atoms with Gasteiger partial charge in [0.15, 0.2) is 0 Å². The van der Waals surface area contributed by atoms with Gasteiger partial charge in [0, 0.05) is 17.0 Å². The van der Waals surface area contributed by atoms with Gasteiger partial charge >= 0.3 is 5.97 Å². The van der Waals surface area contributed by atoms with Crippen LogP contribution in [-0.4, -0.2) is 40.7 Å². The summed E-state index contributed by atoms with van der Waals surface area (Å²) in [5, 5.41) is 13.2. The number of carbonyl (C=O) groups excluding carboxylic acids is 1. The number of ether oxygens (including phenoxy) is 1. The first-order valence-corrected chi connectivity index (χ1v) is 7.54. The summed E-state index contributed by atoms with van der Waals surface area (Å²) in [6.45, 7) is 0.610. The minimum absolute atomic E-state index is 0.182. The van der Waals surface area contributed by atoms with E-state index in [2.05, 4.69) is 10.3 Å². The number of hydrogen-bond donors (Lipinski definition) is 2.